The first kappa shape index (κ1) is 16.2. The molecule has 0 aromatic heterocycles. The predicted molar refractivity (Wildman–Crippen MR) is 89.8 cm³/mol. The lowest BCUT2D eigenvalue weighted by atomic mass is 9.62. The third-order valence-electron chi connectivity index (χ3n) is 5.79. The van der Waals surface area contributed by atoms with Crippen LogP contribution in [0.2, 0.25) is 0 Å². The first-order valence-electron chi connectivity index (χ1n) is 8.60. The van der Waals surface area contributed by atoms with E-state index in [2.05, 4.69) is 20.4 Å². The van der Waals surface area contributed by atoms with E-state index in [1.165, 1.54) is 5.57 Å². The summed E-state index contributed by atoms with van der Waals surface area (Å²) in [4.78, 5) is 24.4. The summed E-state index contributed by atoms with van der Waals surface area (Å²) >= 11 is 0. The van der Waals surface area contributed by atoms with Crippen molar-refractivity contribution >= 4 is 11.8 Å². The number of carbonyl (C=O) groups is 2. The Labute approximate surface area is 138 Å². The fourth-order valence-electron chi connectivity index (χ4n) is 4.54. The molecule has 0 aromatic rings. The van der Waals surface area contributed by atoms with Crippen LogP contribution in [-0.4, -0.2) is 17.9 Å². The molecule has 2 aliphatic carbocycles. The van der Waals surface area contributed by atoms with Crippen LogP contribution in [0.3, 0.4) is 0 Å². The second-order valence-corrected chi connectivity index (χ2v) is 7.87. The average Bonchev–Trinajstić information content (AvgIpc) is 2.73. The van der Waals surface area contributed by atoms with Crippen LogP contribution >= 0.6 is 0 Å². The van der Waals surface area contributed by atoms with Gasteiger partial charge in [0.05, 0.1) is 0 Å². The van der Waals surface area contributed by atoms with Crippen LogP contribution in [0.25, 0.3) is 0 Å². The summed E-state index contributed by atoms with van der Waals surface area (Å²) < 4.78 is 5.68. The number of ether oxygens (including phenoxy) is 1. The molecule has 2 bridgehead atoms. The standard InChI is InChI=1S/C20H26O3/c1-12-5-6-14-7-8-16-18(20(14,3)4)17(23-19(16)22)11-13(2)10-15(21)9-12/h10,14,17H,1,5-9,11H2,2-4H3/b13-10+/t14-,17-/m1/s1. The van der Waals surface area contributed by atoms with Crippen molar-refractivity contribution in [2.24, 2.45) is 11.3 Å². The van der Waals surface area contributed by atoms with E-state index in [9.17, 15) is 9.59 Å². The van der Waals surface area contributed by atoms with Crippen LogP contribution < -0.4 is 0 Å². The highest BCUT2D eigenvalue weighted by Gasteiger charge is 2.48. The maximum Gasteiger partial charge on any atom is 0.334 e. The monoisotopic (exact) mass is 314 g/mol. The molecular formula is C20H26O3. The number of hydrogen-bond donors (Lipinski definition) is 0. The van der Waals surface area contributed by atoms with E-state index >= 15 is 0 Å². The molecule has 0 amide bonds. The molecule has 3 nitrogen and oxygen atoms in total. The Morgan fingerprint density at radius 3 is 2.65 bits per heavy atom. The Balaban J connectivity index is 2.03. The van der Waals surface area contributed by atoms with Crippen LogP contribution in [0, 0.1) is 11.3 Å². The summed E-state index contributed by atoms with van der Waals surface area (Å²) in [5.41, 5.74) is 4.04. The summed E-state index contributed by atoms with van der Waals surface area (Å²) in [5, 5.41) is 0. The molecule has 0 saturated heterocycles. The highest BCUT2D eigenvalue weighted by Crippen LogP contribution is 2.52. The van der Waals surface area contributed by atoms with Crippen molar-refractivity contribution in [3.8, 4) is 0 Å². The summed E-state index contributed by atoms with van der Waals surface area (Å²) in [6.07, 6.45) is 6.32. The maximum atomic E-state index is 12.3. The minimum atomic E-state index is -0.193. The smallest absolute Gasteiger partial charge is 0.334 e. The SMILES string of the molecule is C=C1CC[C@@H]2CCC3=C([C@@H](C/C(C)=C/C(=O)C1)OC3=O)C2(C)C. The molecular weight excluding hydrogens is 288 g/mol. The summed E-state index contributed by atoms with van der Waals surface area (Å²) in [6.45, 7) is 10.5. The van der Waals surface area contributed by atoms with Crippen LogP contribution in [-0.2, 0) is 14.3 Å². The van der Waals surface area contributed by atoms with Gasteiger partial charge in [-0.15, -0.1) is 0 Å². The van der Waals surface area contributed by atoms with Crippen LogP contribution in [0.15, 0.2) is 34.9 Å². The normalized spacial score (nSPS) is 33.5. The fraction of sp³-hybridized carbons (Fsp3) is 0.600. The molecule has 0 saturated carbocycles. The van der Waals surface area contributed by atoms with Gasteiger partial charge in [-0.3, -0.25) is 4.79 Å². The molecule has 23 heavy (non-hydrogen) atoms. The zero-order chi connectivity index (χ0) is 16.8. The van der Waals surface area contributed by atoms with E-state index < -0.39 is 0 Å². The highest BCUT2D eigenvalue weighted by atomic mass is 16.5. The van der Waals surface area contributed by atoms with Gasteiger partial charge in [-0.1, -0.05) is 31.6 Å². The molecule has 1 aliphatic heterocycles. The molecule has 2 atom stereocenters. The second-order valence-electron chi connectivity index (χ2n) is 7.87. The van der Waals surface area contributed by atoms with Crippen LogP contribution in [0.5, 0.6) is 0 Å². The van der Waals surface area contributed by atoms with Crippen molar-refractivity contribution in [3.63, 3.8) is 0 Å². The van der Waals surface area contributed by atoms with Crippen molar-refractivity contribution in [1.82, 2.24) is 0 Å². The number of esters is 1. The van der Waals surface area contributed by atoms with Gasteiger partial charge in [0.2, 0.25) is 0 Å². The quantitative estimate of drug-likeness (QED) is 0.495. The van der Waals surface area contributed by atoms with Gasteiger partial charge in [0.25, 0.3) is 0 Å². The van der Waals surface area contributed by atoms with E-state index in [0.29, 0.717) is 18.8 Å². The maximum absolute atomic E-state index is 12.3. The van der Waals surface area contributed by atoms with E-state index in [1.807, 2.05) is 6.92 Å². The van der Waals surface area contributed by atoms with E-state index in [0.717, 1.165) is 42.4 Å². The Bertz CT molecular complexity index is 633. The number of fused-ring (bicyclic) bond motifs is 1. The molecule has 3 heteroatoms. The summed E-state index contributed by atoms with van der Waals surface area (Å²) in [6, 6.07) is 0. The molecule has 124 valence electrons. The molecule has 0 spiro atoms. The lowest BCUT2D eigenvalue weighted by Gasteiger charge is -2.41. The molecule has 3 rings (SSSR count). The zero-order valence-electron chi connectivity index (χ0n) is 14.4. The first-order valence-corrected chi connectivity index (χ1v) is 8.60. The summed E-state index contributed by atoms with van der Waals surface area (Å²) in [5.74, 6) is 0.472. The minimum absolute atomic E-state index is 0.0336. The summed E-state index contributed by atoms with van der Waals surface area (Å²) in [7, 11) is 0. The van der Waals surface area contributed by atoms with Gasteiger partial charge in [-0.2, -0.15) is 0 Å². The van der Waals surface area contributed by atoms with E-state index in [1.54, 1.807) is 6.08 Å². The van der Waals surface area contributed by atoms with E-state index in [4.69, 9.17) is 4.74 Å². The minimum Gasteiger partial charge on any atom is -0.454 e. The number of allylic oxidation sites excluding steroid dienone is 2. The number of hydrogen-bond acceptors (Lipinski definition) is 3. The van der Waals surface area contributed by atoms with Gasteiger partial charge in [0.15, 0.2) is 5.78 Å². The highest BCUT2D eigenvalue weighted by molar-refractivity contribution is 5.93. The molecule has 0 fully saturated rings. The Morgan fingerprint density at radius 1 is 1.22 bits per heavy atom. The Morgan fingerprint density at radius 2 is 1.91 bits per heavy atom. The van der Waals surface area contributed by atoms with Crippen LogP contribution in [0.1, 0.15) is 59.3 Å². The van der Waals surface area contributed by atoms with Gasteiger partial charge in [0.1, 0.15) is 6.10 Å². The molecule has 0 radical (unpaired) electrons. The van der Waals surface area contributed by atoms with Crippen molar-refractivity contribution in [2.75, 3.05) is 0 Å². The van der Waals surface area contributed by atoms with Crippen molar-refractivity contribution in [1.29, 1.82) is 0 Å². The number of carbonyl (C=O) groups excluding carboxylic acids is 2. The second kappa shape index (κ2) is 5.77. The number of rotatable bonds is 0. The van der Waals surface area contributed by atoms with Gasteiger partial charge < -0.3 is 4.74 Å². The predicted octanol–water partition coefficient (Wildman–Crippen LogP) is 4.29. The molecule has 0 N–H and O–H groups in total. The first-order chi connectivity index (χ1) is 10.8. The molecule has 0 aromatic carbocycles. The third kappa shape index (κ3) is 2.93. The van der Waals surface area contributed by atoms with Crippen molar-refractivity contribution in [2.45, 2.75) is 65.4 Å². The molecule has 3 aliphatic rings. The van der Waals surface area contributed by atoms with Gasteiger partial charge in [0, 0.05) is 18.4 Å². The van der Waals surface area contributed by atoms with Gasteiger partial charge in [-0.05, 0) is 55.6 Å². The topological polar surface area (TPSA) is 43.4 Å². The average molecular weight is 314 g/mol. The fourth-order valence-corrected chi connectivity index (χ4v) is 4.54. The van der Waals surface area contributed by atoms with Crippen LogP contribution in [0.4, 0.5) is 0 Å². The number of ketones is 1. The largest absolute Gasteiger partial charge is 0.454 e. The van der Waals surface area contributed by atoms with Gasteiger partial charge >= 0.3 is 5.97 Å². The molecule has 0 unspecified atom stereocenters. The van der Waals surface area contributed by atoms with Crippen molar-refractivity contribution in [3.05, 3.63) is 34.9 Å². The van der Waals surface area contributed by atoms with E-state index in [-0.39, 0.29) is 23.3 Å². The van der Waals surface area contributed by atoms with Crippen molar-refractivity contribution < 1.29 is 14.3 Å². The van der Waals surface area contributed by atoms with Gasteiger partial charge in [-0.25, -0.2) is 4.79 Å². The zero-order valence-corrected chi connectivity index (χ0v) is 14.4. The molecule has 1 heterocycles. The lowest BCUT2D eigenvalue weighted by molar-refractivity contribution is -0.139. The third-order valence-corrected chi connectivity index (χ3v) is 5.79. The Hall–Kier alpha value is -1.64. The Kier molecular flexibility index (Phi) is 4.07. The lowest BCUT2D eigenvalue weighted by Crippen LogP contribution is -2.34.